The van der Waals surface area contributed by atoms with Crippen molar-refractivity contribution in [1.29, 1.82) is 0 Å². The van der Waals surface area contributed by atoms with Crippen molar-refractivity contribution < 1.29 is 13.8 Å². The molecule has 31 heavy (non-hydrogen) atoms. The first-order valence-electron chi connectivity index (χ1n) is 9.86. The number of aromatic nitrogens is 5. The molecule has 0 aliphatic carbocycles. The first kappa shape index (κ1) is 20.4. The van der Waals surface area contributed by atoms with Crippen LogP contribution >= 0.6 is 0 Å². The average molecular weight is 427 g/mol. The van der Waals surface area contributed by atoms with Gasteiger partial charge >= 0.3 is 0 Å². The predicted molar refractivity (Wildman–Crippen MR) is 111 cm³/mol. The zero-order valence-electron chi connectivity index (χ0n) is 17.2. The van der Waals surface area contributed by atoms with Crippen LogP contribution in [0.15, 0.2) is 27.9 Å². The van der Waals surface area contributed by atoms with Crippen molar-refractivity contribution in [3.63, 3.8) is 0 Å². The lowest BCUT2D eigenvalue weighted by molar-refractivity contribution is 0.0949. The molecule has 0 atom stereocenters. The van der Waals surface area contributed by atoms with Gasteiger partial charge < -0.3 is 10.6 Å². The maximum atomic E-state index is 14.6. The number of nitrogens with two attached hydrogens (primary N) is 1. The van der Waals surface area contributed by atoms with Crippen LogP contribution in [-0.4, -0.2) is 50.0 Å². The number of rotatable bonds is 5. The first-order chi connectivity index (χ1) is 15.0. The van der Waals surface area contributed by atoms with Crippen LogP contribution < -0.4 is 16.1 Å². The van der Waals surface area contributed by atoms with Crippen LogP contribution in [0.3, 0.4) is 0 Å². The predicted octanol–water partition coefficient (Wildman–Crippen LogP) is 1.82. The van der Waals surface area contributed by atoms with E-state index in [-0.39, 0.29) is 23.1 Å². The Hall–Kier alpha value is -3.83. The number of hydrogen-bond acceptors (Lipinski definition) is 9. The molecule has 1 fully saturated rings. The maximum Gasteiger partial charge on any atom is 0.293 e. The quantitative estimate of drug-likeness (QED) is 0.464. The fourth-order valence-electron chi connectivity index (χ4n) is 3.45. The lowest BCUT2D eigenvalue weighted by Gasteiger charge is -2.29. The van der Waals surface area contributed by atoms with Gasteiger partial charge in [0.25, 0.3) is 5.91 Å². The van der Waals surface area contributed by atoms with E-state index in [0.717, 1.165) is 25.9 Å². The fraction of sp³-hybridized carbons (Fsp3) is 0.368. The SMILES string of the molecule is CC(=NNC(=O)c1nnn(-c2nonc2N)c1C)c1ccc(N2CCCCC2)c(F)c1. The van der Waals surface area contributed by atoms with Gasteiger partial charge in [-0.2, -0.15) is 9.78 Å². The first-order valence-corrected chi connectivity index (χ1v) is 9.86. The minimum absolute atomic E-state index is 0.0175. The van der Waals surface area contributed by atoms with E-state index in [0.29, 0.717) is 22.7 Å². The Labute approximate surface area is 177 Å². The molecular weight excluding hydrogens is 405 g/mol. The standard InChI is InChI=1S/C19H22FN9O2/c1-11(13-6-7-15(14(20)10-13)28-8-4-3-5-9-28)22-24-19(30)16-12(2)29(27-23-16)18-17(21)25-31-26-18/h6-7,10H,3-5,8-9H2,1-2H3,(H2,21,25)(H,24,30). The van der Waals surface area contributed by atoms with E-state index in [9.17, 15) is 9.18 Å². The van der Waals surface area contributed by atoms with Gasteiger partial charge in [0.15, 0.2) is 5.69 Å². The summed E-state index contributed by atoms with van der Waals surface area (Å²) in [6.07, 6.45) is 3.31. The second-order valence-electron chi connectivity index (χ2n) is 7.26. The Balaban J connectivity index is 1.47. The molecule has 4 rings (SSSR count). The second-order valence-corrected chi connectivity index (χ2v) is 7.26. The Kier molecular flexibility index (Phi) is 5.60. The molecule has 3 aromatic rings. The molecule has 1 aromatic carbocycles. The summed E-state index contributed by atoms with van der Waals surface area (Å²) in [6.45, 7) is 5.01. The van der Waals surface area contributed by atoms with Crippen LogP contribution in [-0.2, 0) is 0 Å². The molecule has 1 aliphatic rings. The summed E-state index contributed by atoms with van der Waals surface area (Å²) >= 11 is 0. The number of nitrogen functional groups attached to an aromatic ring is 1. The van der Waals surface area contributed by atoms with Crippen molar-refractivity contribution >= 4 is 23.1 Å². The van der Waals surface area contributed by atoms with E-state index >= 15 is 0 Å². The molecule has 0 bridgehead atoms. The molecule has 0 saturated carbocycles. The Morgan fingerprint density at radius 2 is 2.03 bits per heavy atom. The highest BCUT2D eigenvalue weighted by Gasteiger charge is 2.21. The molecule has 1 aliphatic heterocycles. The molecule has 162 valence electrons. The Morgan fingerprint density at radius 3 is 2.71 bits per heavy atom. The largest absolute Gasteiger partial charge is 0.378 e. The number of nitrogens with one attached hydrogen (secondary N) is 1. The van der Waals surface area contributed by atoms with Crippen molar-refractivity contribution in [3.8, 4) is 5.82 Å². The molecule has 2 aromatic heterocycles. The third kappa shape index (κ3) is 4.09. The summed E-state index contributed by atoms with van der Waals surface area (Å²) in [4.78, 5) is 14.5. The highest BCUT2D eigenvalue weighted by Crippen LogP contribution is 2.24. The number of hydrogen-bond donors (Lipinski definition) is 2. The van der Waals surface area contributed by atoms with Crippen molar-refractivity contribution in [3.05, 3.63) is 41.0 Å². The van der Waals surface area contributed by atoms with Gasteiger partial charge in [-0.3, -0.25) is 4.79 Å². The summed E-state index contributed by atoms with van der Waals surface area (Å²) < 4.78 is 20.4. The molecule has 0 spiro atoms. The summed E-state index contributed by atoms with van der Waals surface area (Å²) in [5.41, 5.74) is 10.1. The van der Waals surface area contributed by atoms with Gasteiger partial charge in [-0.05, 0) is 55.6 Å². The topological polar surface area (TPSA) is 140 Å². The highest BCUT2D eigenvalue weighted by atomic mass is 19.1. The van der Waals surface area contributed by atoms with E-state index < -0.39 is 5.91 Å². The van der Waals surface area contributed by atoms with Crippen LogP contribution in [0.25, 0.3) is 5.82 Å². The second kappa shape index (κ2) is 8.50. The van der Waals surface area contributed by atoms with Gasteiger partial charge in [-0.15, -0.1) is 5.10 Å². The van der Waals surface area contributed by atoms with Gasteiger partial charge in [-0.25, -0.2) is 14.4 Å². The van der Waals surface area contributed by atoms with Crippen molar-refractivity contribution in [2.75, 3.05) is 23.7 Å². The number of hydrazone groups is 1. The third-order valence-corrected chi connectivity index (χ3v) is 5.19. The van der Waals surface area contributed by atoms with E-state index in [1.54, 1.807) is 26.0 Å². The highest BCUT2D eigenvalue weighted by molar-refractivity contribution is 6.00. The Bertz CT molecular complexity index is 1130. The molecule has 1 amide bonds. The number of carbonyl (C=O) groups is 1. The lowest BCUT2D eigenvalue weighted by Crippen LogP contribution is -2.30. The van der Waals surface area contributed by atoms with Gasteiger partial charge in [0.05, 0.1) is 17.1 Å². The number of piperidine rings is 1. The smallest absolute Gasteiger partial charge is 0.293 e. The Morgan fingerprint density at radius 1 is 1.26 bits per heavy atom. The fourth-order valence-corrected chi connectivity index (χ4v) is 3.45. The van der Waals surface area contributed by atoms with Crippen molar-refractivity contribution in [2.24, 2.45) is 5.10 Å². The summed E-state index contributed by atoms with van der Waals surface area (Å²) in [6, 6.07) is 4.97. The van der Waals surface area contributed by atoms with Crippen LogP contribution in [0.5, 0.6) is 0 Å². The minimum atomic E-state index is -0.580. The van der Waals surface area contributed by atoms with Gasteiger partial charge in [0.1, 0.15) is 5.82 Å². The van der Waals surface area contributed by atoms with E-state index in [1.165, 1.54) is 17.2 Å². The summed E-state index contributed by atoms with van der Waals surface area (Å²) in [5, 5.41) is 18.9. The van der Waals surface area contributed by atoms with Crippen molar-refractivity contribution in [2.45, 2.75) is 33.1 Å². The van der Waals surface area contributed by atoms with Crippen LogP contribution in [0, 0.1) is 12.7 Å². The van der Waals surface area contributed by atoms with Crippen LogP contribution in [0.2, 0.25) is 0 Å². The molecule has 1 saturated heterocycles. The molecule has 0 unspecified atom stereocenters. The molecule has 3 N–H and O–H groups in total. The normalized spacial score (nSPS) is 14.7. The zero-order valence-corrected chi connectivity index (χ0v) is 17.2. The number of nitrogens with zero attached hydrogens (tertiary/aromatic N) is 7. The maximum absolute atomic E-state index is 14.6. The molecule has 11 nitrogen and oxygen atoms in total. The number of amides is 1. The number of benzene rings is 1. The number of anilines is 2. The van der Waals surface area contributed by atoms with E-state index in [4.69, 9.17) is 5.73 Å². The minimum Gasteiger partial charge on any atom is -0.378 e. The lowest BCUT2D eigenvalue weighted by atomic mass is 10.1. The van der Waals surface area contributed by atoms with Crippen LogP contribution in [0.4, 0.5) is 15.9 Å². The monoisotopic (exact) mass is 427 g/mol. The van der Waals surface area contributed by atoms with E-state index in [1.807, 2.05) is 0 Å². The molecule has 3 heterocycles. The van der Waals surface area contributed by atoms with Crippen molar-refractivity contribution in [1.82, 2.24) is 30.7 Å². The third-order valence-electron chi connectivity index (χ3n) is 5.19. The zero-order chi connectivity index (χ0) is 22.0. The number of halogens is 1. The molecular formula is C19H22FN9O2. The molecule has 0 radical (unpaired) electrons. The van der Waals surface area contributed by atoms with Crippen LogP contribution in [0.1, 0.15) is 47.9 Å². The summed E-state index contributed by atoms with van der Waals surface area (Å²) in [7, 11) is 0. The van der Waals surface area contributed by atoms with Gasteiger partial charge in [-0.1, -0.05) is 11.3 Å². The van der Waals surface area contributed by atoms with E-state index in [2.05, 4.69) is 40.7 Å². The molecule has 12 heteroatoms. The number of carbonyl (C=O) groups excluding carboxylic acids is 1. The average Bonchev–Trinajstić information content (AvgIpc) is 3.37. The summed E-state index contributed by atoms with van der Waals surface area (Å²) in [5.74, 6) is -0.738. The van der Waals surface area contributed by atoms with Gasteiger partial charge in [0.2, 0.25) is 11.6 Å². The van der Waals surface area contributed by atoms with Gasteiger partial charge in [0, 0.05) is 18.7 Å².